The minimum Gasteiger partial charge on any atom is -0.367 e. The van der Waals surface area contributed by atoms with Crippen LogP contribution in [0.25, 0.3) is 0 Å². The van der Waals surface area contributed by atoms with Crippen LogP contribution in [0.2, 0.25) is 0 Å². The summed E-state index contributed by atoms with van der Waals surface area (Å²) in [5.41, 5.74) is 1.03. The van der Waals surface area contributed by atoms with Crippen molar-refractivity contribution < 1.29 is 9.18 Å². The lowest BCUT2D eigenvalue weighted by molar-refractivity contribution is 0.101. The third-order valence-corrected chi connectivity index (χ3v) is 4.42. The highest BCUT2D eigenvalue weighted by Gasteiger charge is 2.22. The van der Waals surface area contributed by atoms with Gasteiger partial charge in [0.1, 0.15) is 5.82 Å². The predicted molar refractivity (Wildman–Crippen MR) is 89.1 cm³/mol. The van der Waals surface area contributed by atoms with Gasteiger partial charge in [-0.25, -0.2) is 4.39 Å². The van der Waals surface area contributed by atoms with E-state index in [0.717, 1.165) is 39.0 Å². The van der Waals surface area contributed by atoms with Gasteiger partial charge in [0.25, 0.3) is 0 Å². The highest BCUT2D eigenvalue weighted by molar-refractivity contribution is 5.94. The van der Waals surface area contributed by atoms with Crippen LogP contribution in [0.1, 0.15) is 37.0 Å². The van der Waals surface area contributed by atoms with Gasteiger partial charge in [-0.3, -0.25) is 9.69 Å². The summed E-state index contributed by atoms with van der Waals surface area (Å²) in [5.74, 6) is -0.410. The molecule has 1 saturated heterocycles. The van der Waals surface area contributed by atoms with Gasteiger partial charge in [-0.15, -0.1) is 6.58 Å². The molecule has 120 valence electrons. The maximum Gasteiger partial charge on any atom is 0.159 e. The molecule has 3 nitrogen and oxygen atoms in total. The lowest BCUT2D eigenvalue weighted by atomic mass is 10.1. The third-order valence-electron chi connectivity index (χ3n) is 4.42. The van der Waals surface area contributed by atoms with Gasteiger partial charge in [0.05, 0.1) is 5.69 Å². The van der Waals surface area contributed by atoms with Crippen LogP contribution >= 0.6 is 0 Å². The summed E-state index contributed by atoms with van der Waals surface area (Å²) in [6.07, 6.45) is 4.10. The number of Topliss-reactive ketones (excluding diaryl/α,β-unsaturated/α-hetero) is 1. The fourth-order valence-corrected chi connectivity index (χ4v) is 2.93. The smallest absolute Gasteiger partial charge is 0.159 e. The third kappa shape index (κ3) is 3.95. The number of hydrogen-bond acceptors (Lipinski definition) is 3. The van der Waals surface area contributed by atoms with Crippen molar-refractivity contribution in [1.29, 1.82) is 0 Å². The highest BCUT2D eigenvalue weighted by atomic mass is 19.1. The van der Waals surface area contributed by atoms with Crippen LogP contribution in [0.5, 0.6) is 0 Å². The van der Waals surface area contributed by atoms with E-state index in [1.165, 1.54) is 13.0 Å². The van der Waals surface area contributed by atoms with Crippen LogP contribution in [-0.4, -0.2) is 42.9 Å². The van der Waals surface area contributed by atoms with Crippen LogP contribution in [-0.2, 0) is 0 Å². The number of carbonyl (C=O) groups is 1. The number of nitrogens with zero attached hydrogens (tertiary/aromatic N) is 2. The van der Waals surface area contributed by atoms with E-state index in [2.05, 4.69) is 23.3 Å². The first-order valence-electron chi connectivity index (χ1n) is 7.93. The van der Waals surface area contributed by atoms with Crippen molar-refractivity contribution in [1.82, 2.24) is 4.90 Å². The van der Waals surface area contributed by atoms with E-state index in [0.29, 0.717) is 17.3 Å². The van der Waals surface area contributed by atoms with Crippen LogP contribution < -0.4 is 4.90 Å². The molecule has 1 heterocycles. The second-order valence-electron chi connectivity index (χ2n) is 5.96. The number of carbonyl (C=O) groups excluding carboxylic acids is 1. The first-order chi connectivity index (χ1) is 10.5. The van der Waals surface area contributed by atoms with Crippen molar-refractivity contribution in [3.05, 3.63) is 42.2 Å². The average Bonchev–Trinajstić information content (AvgIpc) is 2.52. The summed E-state index contributed by atoms with van der Waals surface area (Å²) in [5, 5.41) is 0. The zero-order valence-corrected chi connectivity index (χ0v) is 13.5. The maximum absolute atomic E-state index is 14.2. The van der Waals surface area contributed by atoms with E-state index in [-0.39, 0.29) is 11.6 Å². The molecule has 1 atom stereocenters. The fourth-order valence-electron chi connectivity index (χ4n) is 2.93. The molecule has 0 N–H and O–H groups in total. The van der Waals surface area contributed by atoms with E-state index in [9.17, 15) is 9.18 Å². The standard InChI is InChI=1S/C18H25FN2O/c1-4-5-6-14(2)20-9-11-21(12-10-20)18-8-7-16(15(3)22)13-17(18)19/h4,7-8,13-14H,1,5-6,9-12H2,2-3H3/t14-/m1/s1. The van der Waals surface area contributed by atoms with Gasteiger partial charge in [0.2, 0.25) is 0 Å². The van der Waals surface area contributed by atoms with Gasteiger partial charge in [0, 0.05) is 37.8 Å². The molecule has 4 heteroatoms. The summed E-state index contributed by atoms with van der Waals surface area (Å²) in [6.45, 7) is 11.0. The summed E-state index contributed by atoms with van der Waals surface area (Å²) in [7, 11) is 0. The summed E-state index contributed by atoms with van der Waals surface area (Å²) < 4.78 is 14.2. The van der Waals surface area contributed by atoms with Crippen molar-refractivity contribution in [3.63, 3.8) is 0 Å². The number of hydrogen-bond donors (Lipinski definition) is 0. The van der Waals surface area contributed by atoms with E-state index >= 15 is 0 Å². The molecule has 1 aliphatic rings. The molecule has 0 amide bonds. The molecule has 0 aromatic heterocycles. The van der Waals surface area contributed by atoms with Crippen molar-refractivity contribution in [2.45, 2.75) is 32.7 Å². The quantitative estimate of drug-likeness (QED) is 0.593. The topological polar surface area (TPSA) is 23.6 Å². The molecule has 0 aliphatic carbocycles. The van der Waals surface area contributed by atoms with Crippen molar-refractivity contribution in [2.75, 3.05) is 31.1 Å². The van der Waals surface area contributed by atoms with E-state index in [4.69, 9.17) is 0 Å². The van der Waals surface area contributed by atoms with E-state index in [1.54, 1.807) is 12.1 Å². The minimum absolute atomic E-state index is 0.105. The zero-order valence-electron chi connectivity index (χ0n) is 13.5. The number of halogens is 1. The molecule has 1 aromatic rings. The Morgan fingerprint density at radius 1 is 1.36 bits per heavy atom. The lowest BCUT2D eigenvalue weighted by Gasteiger charge is -2.39. The van der Waals surface area contributed by atoms with Gasteiger partial charge in [0.15, 0.2) is 5.78 Å². The van der Waals surface area contributed by atoms with Crippen LogP contribution in [0, 0.1) is 5.82 Å². The van der Waals surface area contributed by atoms with E-state index in [1.807, 2.05) is 6.08 Å². The summed E-state index contributed by atoms with van der Waals surface area (Å²) in [4.78, 5) is 15.8. The van der Waals surface area contributed by atoms with Crippen molar-refractivity contribution in [2.24, 2.45) is 0 Å². The predicted octanol–water partition coefficient (Wildman–Crippen LogP) is 3.51. The highest BCUT2D eigenvalue weighted by Crippen LogP contribution is 2.23. The Kier molecular flexibility index (Phi) is 5.72. The molecular weight excluding hydrogens is 279 g/mol. The molecule has 0 bridgehead atoms. The molecule has 1 fully saturated rings. The minimum atomic E-state index is -0.305. The monoisotopic (exact) mass is 304 g/mol. The second kappa shape index (κ2) is 7.54. The first-order valence-corrected chi connectivity index (χ1v) is 7.93. The van der Waals surface area contributed by atoms with Crippen LogP contribution in [0.3, 0.4) is 0 Å². The van der Waals surface area contributed by atoms with Gasteiger partial charge in [-0.05, 0) is 44.9 Å². The van der Waals surface area contributed by atoms with Gasteiger partial charge in [-0.2, -0.15) is 0 Å². The van der Waals surface area contributed by atoms with Crippen molar-refractivity contribution >= 4 is 11.5 Å². The van der Waals surface area contributed by atoms with Gasteiger partial charge in [-0.1, -0.05) is 6.08 Å². The first kappa shape index (κ1) is 16.7. The number of benzene rings is 1. The average molecular weight is 304 g/mol. The summed E-state index contributed by atoms with van der Waals surface area (Å²) in [6, 6.07) is 5.31. The SMILES string of the molecule is C=CCC[C@@H](C)N1CCN(c2ccc(C(C)=O)cc2F)CC1. The van der Waals surface area contributed by atoms with E-state index < -0.39 is 0 Å². The number of anilines is 1. The van der Waals surface area contributed by atoms with Crippen molar-refractivity contribution in [3.8, 4) is 0 Å². The maximum atomic E-state index is 14.2. The van der Waals surface area contributed by atoms with Gasteiger partial charge < -0.3 is 4.90 Å². The molecular formula is C18H25FN2O. The molecule has 0 unspecified atom stereocenters. The molecule has 1 aromatic carbocycles. The Bertz CT molecular complexity index is 536. The number of allylic oxidation sites excluding steroid dienone is 1. The molecule has 1 aliphatic heterocycles. The number of rotatable bonds is 6. The second-order valence-corrected chi connectivity index (χ2v) is 5.96. The fraction of sp³-hybridized carbons (Fsp3) is 0.500. The zero-order chi connectivity index (χ0) is 16.1. The van der Waals surface area contributed by atoms with Crippen LogP contribution in [0.15, 0.2) is 30.9 Å². The van der Waals surface area contributed by atoms with Crippen LogP contribution in [0.4, 0.5) is 10.1 Å². The molecule has 0 saturated carbocycles. The lowest BCUT2D eigenvalue weighted by Crippen LogP contribution is -2.49. The molecule has 0 radical (unpaired) electrons. The molecule has 0 spiro atoms. The Morgan fingerprint density at radius 2 is 2.05 bits per heavy atom. The Morgan fingerprint density at radius 3 is 2.59 bits per heavy atom. The van der Waals surface area contributed by atoms with Gasteiger partial charge >= 0.3 is 0 Å². The Hall–Kier alpha value is -1.68. The molecule has 2 rings (SSSR count). The normalized spacial score (nSPS) is 17.3. The number of piperazine rings is 1. The Labute approximate surface area is 132 Å². The summed E-state index contributed by atoms with van der Waals surface area (Å²) >= 11 is 0. The molecule has 22 heavy (non-hydrogen) atoms. The Balaban J connectivity index is 1.97. The largest absolute Gasteiger partial charge is 0.367 e. The number of ketones is 1.